The van der Waals surface area contributed by atoms with E-state index < -0.39 is 16.1 Å². The van der Waals surface area contributed by atoms with Crippen molar-refractivity contribution in [2.24, 2.45) is 0 Å². The van der Waals surface area contributed by atoms with Crippen LogP contribution in [0.15, 0.2) is 23.1 Å². The second kappa shape index (κ2) is 6.42. The number of hydrogen-bond donors (Lipinski definition) is 2. The molecule has 1 aliphatic heterocycles. The molecule has 1 aliphatic rings. The number of carbonyl (C=O) groups is 1. The average molecular weight is 314 g/mol. The van der Waals surface area contributed by atoms with E-state index in [0.717, 1.165) is 0 Å². The van der Waals surface area contributed by atoms with Crippen LogP contribution in [0.4, 0.5) is 5.69 Å². The molecule has 0 saturated carbocycles. The summed E-state index contributed by atoms with van der Waals surface area (Å²) in [5, 5.41) is 2.62. The predicted octanol–water partition coefficient (Wildman–Crippen LogP) is 0.721. The lowest BCUT2D eigenvalue weighted by atomic mass is 10.2. The molecule has 1 aromatic carbocycles. The first kappa shape index (κ1) is 15.7. The van der Waals surface area contributed by atoms with Gasteiger partial charge in [-0.2, -0.15) is 0 Å². The molecule has 1 atom stereocenters. The summed E-state index contributed by atoms with van der Waals surface area (Å²) in [7, 11) is -2.06. The molecule has 0 saturated heterocycles. The van der Waals surface area contributed by atoms with Crippen LogP contribution in [0.1, 0.15) is 13.3 Å². The predicted molar refractivity (Wildman–Crippen MR) is 76.8 cm³/mol. The van der Waals surface area contributed by atoms with E-state index in [0.29, 0.717) is 24.5 Å². The molecular formula is C13H18N2O5S. The van der Waals surface area contributed by atoms with E-state index in [1.807, 2.05) is 0 Å². The van der Waals surface area contributed by atoms with Gasteiger partial charge in [0.15, 0.2) is 6.10 Å². The Balaban J connectivity index is 2.14. The number of sulfonamides is 1. The number of carbonyl (C=O) groups excluding carboxylic acids is 1. The number of methoxy groups -OCH3 is 1. The zero-order valence-corrected chi connectivity index (χ0v) is 12.7. The van der Waals surface area contributed by atoms with E-state index in [4.69, 9.17) is 9.47 Å². The minimum Gasteiger partial charge on any atom is -0.479 e. The van der Waals surface area contributed by atoms with E-state index in [1.165, 1.54) is 18.2 Å². The van der Waals surface area contributed by atoms with Gasteiger partial charge in [0.25, 0.3) is 5.91 Å². The largest absolute Gasteiger partial charge is 0.479 e. The molecule has 0 radical (unpaired) electrons. The van der Waals surface area contributed by atoms with Crippen molar-refractivity contribution in [2.45, 2.75) is 24.3 Å². The van der Waals surface area contributed by atoms with Crippen molar-refractivity contribution < 1.29 is 22.7 Å². The number of benzene rings is 1. The Morgan fingerprint density at radius 1 is 1.43 bits per heavy atom. The normalized spacial score (nSPS) is 17.8. The molecule has 8 heteroatoms. The third kappa shape index (κ3) is 3.72. The summed E-state index contributed by atoms with van der Waals surface area (Å²) in [6.07, 6.45) is -0.00924. The fraction of sp³-hybridized carbons (Fsp3) is 0.462. The number of fused-ring (bicyclic) bond motifs is 1. The van der Waals surface area contributed by atoms with Gasteiger partial charge in [-0.25, -0.2) is 13.1 Å². The monoisotopic (exact) mass is 314 g/mol. The Labute approximate surface area is 123 Å². The second-order valence-electron chi connectivity index (χ2n) is 4.65. The van der Waals surface area contributed by atoms with Gasteiger partial charge < -0.3 is 14.8 Å². The standard InChI is InChI=1S/C13H18N2O5S/c1-9-13(16)15-11-8-10(4-5-12(11)20-9)21(17,18)14-6-3-7-19-2/h4-5,8-9,14H,3,6-7H2,1-2H3,(H,15,16)/t9-/m0/s1. The first-order valence-corrected chi connectivity index (χ1v) is 8.02. The van der Waals surface area contributed by atoms with Crippen LogP contribution in [-0.4, -0.2) is 40.7 Å². The minimum absolute atomic E-state index is 0.0807. The topological polar surface area (TPSA) is 93.7 Å². The number of ether oxygens (including phenoxy) is 2. The fourth-order valence-electron chi connectivity index (χ4n) is 1.86. The van der Waals surface area contributed by atoms with Gasteiger partial charge in [0, 0.05) is 20.3 Å². The summed E-state index contributed by atoms with van der Waals surface area (Å²) in [5.41, 5.74) is 0.359. The van der Waals surface area contributed by atoms with Crippen molar-refractivity contribution in [2.75, 3.05) is 25.6 Å². The van der Waals surface area contributed by atoms with Crippen LogP contribution < -0.4 is 14.8 Å². The molecule has 0 aliphatic carbocycles. The van der Waals surface area contributed by atoms with Crippen LogP contribution in [0.3, 0.4) is 0 Å². The van der Waals surface area contributed by atoms with Crippen molar-refractivity contribution in [3.05, 3.63) is 18.2 Å². The van der Waals surface area contributed by atoms with Crippen molar-refractivity contribution in [3.63, 3.8) is 0 Å². The highest BCUT2D eigenvalue weighted by Crippen LogP contribution is 2.31. The highest BCUT2D eigenvalue weighted by molar-refractivity contribution is 7.89. The quantitative estimate of drug-likeness (QED) is 0.755. The van der Waals surface area contributed by atoms with Crippen LogP contribution in [-0.2, 0) is 19.6 Å². The summed E-state index contributed by atoms with van der Waals surface area (Å²) in [6.45, 7) is 2.39. The van der Waals surface area contributed by atoms with Crippen LogP contribution in [0, 0.1) is 0 Å². The summed E-state index contributed by atoms with van der Waals surface area (Å²) in [4.78, 5) is 11.6. The molecule has 0 aromatic heterocycles. The number of rotatable bonds is 6. The minimum atomic E-state index is -3.62. The lowest BCUT2D eigenvalue weighted by Crippen LogP contribution is -2.34. The maximum atomic E-state index is 12.1. The van der Waals surface area contributed by atoms with Crippen molar-refractivity contribution >= 4 is 21.6 Å². The number of anilines is 1. The zero-order chi connectivity index (χ0) is 15.5. The van der Waals surface area contributed by atoms with Gasteiger partial charge in [0.2, 0.25) is 10.0 Å². The smallest absolute Gasteiger partial charge is 0.265 e. The lowest BCUT2D eigenvalue weighted by molar-refractivity contribution is -0.122. The average Bonchev–Trinajstić information content (AvgIpc) is 2.44. The lowest BCUT2D eigenvalue weighted by Gasteiger charge is -2.23. The van der Waals surface area contributed by atoms with Crippen LogP contribution >= 0.6 is 0 Å². The summed E-state index contributed by atoms with van der Waals surface area (Å²) >= 11 is 0. The van der Waals surface area contributed by atoms with Crippen molar-refractivity contribution in [3.8, 4) is 5.75 Å². The second-order valence-corrected chi connectivity index (χ2v) is 6.42. The van der Waals surface area contributed by atoms with E-state index in [2.05, 4.69) is 10.0 Å². The number of hydrogen-bond acceptors (Lipinski definition) is 5. The third-order valence-corrected chi connectivity index (χ3v) is 4.47. The molecule has 0 bridgehead atoms. The molecule has 2 N–H and O–H groups in total. The van der Waals surface area contributed by atoms with Gasteiger partial charge in [-0.05, 0) is 31.5 Å². The molecule has 7 nitrogen and oxygen atoms in total. The molecule has 1 heterocycles. The SMILES string of the molecule is COCCCNS(=O)(=O)c1ccc2c(c1)NC(=O)[C@H](C)O2. The number of amides is 1. The molecule has 2 rings (SSSR count). The van der Waals surface area contributed by atoms with Gasteiger partial charge in [0.05, 0.1) is 10.6 Å². The van der Waals surface area contributed by atoms with E-state index in [-0.39, 0.29) is 17.3 Å². The zero-order valence-electron chi connectivity index (χ0n) is 11.9. The van der Waals surface area contributed by atoms with Crippen LogP contribution in [0.5, 0.6) is 5.75 Å². The van der Waals surface area contributed by atoms with E-state index >= 15 is 0 Å². The van der Waals surface area contributed by atoms with Gasteiger partial charge in [-0.15, -0.1) is 0 Å². The van der Waals surface area contributed by atoms with Gasteiger partial charge >= 0.3 is 0 Å². The number of nitrogens with one attached hydrogen (secondary N) is 2. The molecular weight excluding hydrogens is 296 g/mol. The van der Waals surface area contributed by atoms with Gasteiger partial charge in [0.1, 0.15) is 5.75 Å². The fourth-order valence-corrected chi connectivity index (χ4v) is 2.96. The summed E-state index contributed by atoms with van der Waals surface area (Å²) in [6, 6.07) is 4.37. The molecule has 116 valence electrons. The van der Waals surface area contributed by atoms with Crippen LogP contribution in [0.25, 0.3) is 0 Å². The van der Waals surface area contributed by atoms with Crippen molar-refractivity contribution in [1.82, 2.24) is 4.72 Å². The Morgan fingerprint density at radius 2 is 2.19 bits per heavy atom. The van der Waals surface area contributed by atoms with Crippen molar-refractivity contribution in [1.29, 1.82) is 0 Å². The Kier molecular flexibility index (Phi) is 4.81. The first-order chi connectivity index (χ1) is 9.94. The molecule has 1 aromatic rings. The highest BCUT2D eigenvalue weighted by atomic mass is 32.2. The highest BCUT2D eigenvalue weighted by Gasteiger charge is 2.25. The maximum absolute atomic E-state index is 12.1. The summed E-state index contributed by atoms with van der Waals surface area (Å²) in [5.74, 6) is 0.158. The van der Waals surface area contributed by atoms with Crippen LogP contribution in [0.2, 0.25) is 0 Å². The maximum Gasteiger partial charge on any atom is 0.265 e. The van der Waals surface area contributed by atoms with E-state index in [9.17, 15) is 13.2 Å². The molecule has 0 unspecified atom stereocenters. The molecule has 0 fully saturated rings. The molecule has 0 spiro atoms. The third-order valence-electron chi connectivity index (χ3n) is 3.01. The Morgan fingerprint density at radius 3 is 2.90 bits per heavy atom. The summed E-state index contributed by atoms with van der Waals surface area (Å²) < 4.78 is 37.0. The van der Waals surface area contributed by atoms with Gasteiger partial charge in [-0.1, -0.05) is 0 Å². The first-order valence-electron chi connectivity index (χ1n) is 6.54. The Hall–Kier alpha value is -1.64. The van der Waals surface area contributed by atoms with E-state index in [1.54, 1.807) is 14.0 Å². The molecule has 1 amide bonds. The molecule has 21 heavy (non-hydrogen) atoms. The Bertz CT molecular complexity index is 629. The van der Waals surface area contributed by atoms with Gasteiger partial charge in [-0.3, -0.25) is 4.79 Å².